The van der Waals surface area contributed by atoms with Crippen molar-refractivity contribution >= 4 is 29.4 Å². The van der Waals surface area contributed by atoms with Crippen molar-refractivity contribution in [3.05, 3.63) is 47.0 Å². The van der Waals surface area contributed by atoms with E-state index in [0.717, 1.165) is 12.8 Å². The third-order valence-corrected chi connectivity index (χ3v) is 5.85. The van der Waals surface area contributed by atoms with E-state index in [1.807, 2.05) is 13.8 Å². The highest BCUT2D eigenvalue weighted by atomic mass is 35.5. The highest BCUT2D eigenvalue weighted by Gasteiger charge is 2.32. The van der Waals surface area contributed by atoms with Gasteiger partial charge in [0.05, 0.1) is 7.11 Å². The zero-order valence-corrected chi connectivity index (χ0v) is 22.4. The topological polar surface area (TPSA) is 113 Å². The standard InChI is InChI=1S/C26H32ClFN2O7/c1-7-17(8-2)23(37-20-12-18(27)11-19(28)13-20)15(4)35-26(33)14(3)30-25(32)22-24(36-16(5)31)21(34-6)9-10-29-22/h9-15,17,23H,7-8H2,1-6H3,(H,30,32)/t14-,15-,23+/m0/s1. The fraction of sp³-hybridized carbons (Fsp3) is 0.462. The SMILES string of the molecule is CCC(CC)[C@H](Oc1cc(F)cc(Cl)c1)[C@H](C)OC(=O)[C@H](C)NC(=O)c1nccc(OC)c1OC(C)=O. The second-order valence-corrected chi connectivity index (χ2v) is 8.82. The van der Waals surface area contributed by atoms with Gasteiger partial charge < -0.3 is 24.3 Å². The Bertz CT molecular complexity index is 1090. The molecule has 1 aromatic carbocycles. The largest absolute Gasteiger partial charge is 0.493 e. The van der Waals surface area contributed by atoms with Crippen LogP contribution in [0.5, 0.6) is 17.2 Å². The summed E-state index contributed by atoms with van der Waals surface area (Å²) < 4.78 is 35.7. The molecule has 0 saturated heterocycles. The summed E-state index contributed by atoms with van der Waals surface area (Å²) in [6.45, 7) is 8.23. The van der Waals surface area contributed by atoms with Gasteiger partial charge in [0.25, 0.3) is 5.91 Å². The maximum Gasteiger partial charge on any atom is 0.328 e. The molecule has 0 saturated carbocycles. The van der Waals surface area contributed by atoms with E-state index in [9.17, 15) is 18.8 Å². The van der Waals surface area contributed by atoms with E-state index < -0.39 is 41.9 Å². The van der Waals surface area contributed by atoms with E-state index in [4.69, 9.17) is 30.5 Å². The molecule has 1 heterocycles. The van der Waals surface area contributed by atoms with Crippen LogP contribution in [0.3, 0.4) is 0 Å². The Hall–Kier alpha value is -3.40. The van der Waals surface area contributed by atoms with Gasteiger partial charge in [-0.3, -0.25) is 9.59 Å². The van der Waals surface area contributed by atoms with Crippen LogP contribution in [0.25, 0.3) is 0 Å². The minimum atomic E-state index is -1.08. The Morgan fingerprint density at radius 2 is 1.81 bits per heavy atom. The molecule has 0 unspecified atom stereocenters. The molecule has 1 N–H and O–H groups in total. The third-order valence-electron chi connectivity index (χ3n) is 5.64. The van der Waals surface area contributed by atoms with Gasteiger partial charge >= 0.3 is 11.9 Å². The highest BCUT2D eigenvalue weighted by molar-refractivity contribution is 6.30. The van der Waals surface area contributed by atoms with E-state index >= 15 is 0 Å². The van der Waals surface area contributed by atoms with Crippen LogP contribution in [0.15, 0.2) is 30.5 Å². The summed E-state index contributed by atoms with van der Waals surface area (Å²) in [5.41, 5.74) is -0.233. The molecule has 0 aliphatic carbocycles. The van der Waals surface area contributed by atoms with Gasteiger partial charge in [0, 0.05) is 30.3 Å². The average Bonchev–Trinajstić information content (AvgIpc) is 2.83. The molecule has 11 heteroatoms. The normalized spacial score (nSPS) is 13.3. The lowest BCUT2D eigenvalue weighted by molar-refractivity contribution is -0.156. The van der Waals surface area contributed by atoms with Crippen LogP contribution < -0.4 is 19.5 Å². The maximum atomic E-state index is 13.8. The van der Waals surface area contributed by atoms with E-state index in [-0.39, 0.29) is 33.9 Å². The number of nitrogens with zero attached hydrogens (tertiary/aromatic N) is 1. The summed E-state index contributed by atoms with van der Waals surface area (Å²) >= 11 is 5.96. The minimum Gasteiger partial charge on any atom is -0.493 e. The van der Waals surface area contributed by atoms with Gasteiger partial charge in [0.2, 0.25) is 5.75 Å². The van der Waals surface area contributed by atoms with Crippen molar-refractivity contribution < 1.29 is 37.7 Å². The average molecular weight is 539 g/mol. The van der Waals surface area contributed by atoms with E-state index in [0.29, 0.717) is 0 Å². The number of amides is 1. The molecule has 37 heavy (non-hydrogen) atoms. The van der Waals surface area contributed by atoms with Gasteiger partial charge in [-0.1, -0.05) is 25.4 Å². The molecule has 0 bridgehead atoms. The molecule has 0 spiro atoms. The Kier molecular flexibility index (Phi) is 11.1. The van der Waals surface area contributed by atoms with Crippen LogP contribution in [-0.4, -0.2) is 48.2 Å². The number of benzene rings is 1. The number of carbonyl (C=O) groups is 3. The number of halogens is 2. The first kappa shape index (κ1) is 29.8. The lowest BCUT2D eigenvalue weighted by Crippen LogP contribution is -2.45. The van der Waals surface area contributed by atoms with Crippen LogP contribution in [0.1, 0.15) is 57.9 Å². The Balaban J connectivity index is 2.17. The number of rotatable bonds is 12. The third kappa shape index (κ3) is 8.31. The quantitative estimate of drug-likeness (QED) is 0.385. The van der Waals surface area contributed by atoms with Gasteiger partial charge in [-0.2, -0.15) is 0 Å². The summed E-state index contributed by atoms with van der Waals surface area (Å²) in [7, 11) is 1.35. The number of hydrogen-bond donors (Lipinski definition) is 1. The van der Waals surface area contributed by atoms with Crippen molar-refractivity contribution in [2.45, 2.75) is 65.7 Å². The number of esters is 2. The molecule has 9 nitrogen and oxygen atoms in total. The number of methoxy groups -OCH3 is 1. The summed E-state index contributed by atoms with van der Waals surface area (Å²) in [6.07, 6.45) is 1.40. The van der Waals surface area contributed by atoms with Crippen LogP contribution in [0.2, 0.25) is 5.02 Å². The summed E-state index contributed by atoms with van der Waals surface area (Å²) in [6, 6.07) is 4.20. The zero-order chi connectivity index (χ0) is 27.7. The predicted octanol–water partition coefficient (Wildman–Crippen LogP) is 4.74. The van der Waals surface area contributed by atoms with Gasteiger partial charge in [-0.05, 0) is 44.7 Å². The number of pyridine rings is 1. The highest BCUT2D eigenvalue weighted by Crippen LogP contribution is 2.30. The number of nitrogens with one attached hydrogen (secondary N) is 1. The number of hydrogen-bond acceptors (Lipinski definition) is 8. The van der Waals surface area contributed by atoms with Crippen LogP contribution in [-0.2, 0) is 14.3 Å². The molecule has 0 aliphatic heterocycles. The lowest BCUT2D eigenvalue weighted by atomic mass is 9.93. The summed E-state index contributed by atoms with van der Waals surface area (Å²) in [5.74, 6) is -2.55. The van der Waals surface area contributed by atoms with E-state index in [2.05, 4.69) is 10.3 Å². The van der Waals surface area contributed by atoms with Crippen LogP contribution >= 0.6 is 11.6 Å². The fourth-order valence-electron chi connectivity index (χ4n) is 3.75. The molecule has 202 valence electrons. The first-order valence-corrected chi connectivity index (χ1v) is 12.2. The Morgan fingerprint density at radius 1 is 1.14 bits per heavy atom. The molecule has 1 aromatic heterocycles. The van der Waals surface area contributed by atoms with Crippen molar-refractivity contribution in [3.63, 3.8) is 0 Å². The lowest BCUT2D eigenvalue weighted by Gasteiger charge is -2.31. The minimum absolute atomic E-state index is 0.0120. The second-order valence-electron chi connectivity index (χ2n) is 8.39. The van der Waals surface area contributed by atoms with E-state index in [1.54, 1.807) is 6.92 Å². The van der Waals surface area contributed by atoms with Gasteiger partial charge in [0.15, 0.2) is 11.4 Å². The van der Waals surface area contributed by atoms with Crippen molar-refractivity contribution in [2.24, 2.45) is 5.92 Å². The van der Waals surface area contributed by atoms with E-state index in [1.165, 1.54) is 51.4 Å². The molecule has 0 fully saturated rings. The Labute approximate surface area is 220 Å². The Morgan fingerprint density at radius 3 is 2.38 bits per heavy atom. The first-order chi connectivity index (χ1) is 17.5. The monoisotopic (exact) mass is 538 g/mol. The number of carbonyl (C=O) groups excluding carboxylic acids is 3. The number of aromatic nitrogens is 1. The van der Waals surface area contributed by atoms with Crippen molar-refractivity contribution in [1.82, 2.24) is 10.3 Å². The molecule has 0 aliphatic rings. The molecular weight excluding hydrogens is 507 g/mol. The van der Waals surface area contributed by atoms with Crippen molar-refractivity contribution in [3.8, 4) is 17.2 Å². The maximum absolute atomic E-state index is 13.8. The first-order valence-electron chi connectivity index (χ1n) is 11.9. The van der Waals surface area contributed by atoms with Crippen LogP contribution in [0.4, 0.5) is 4.39 Å². The summed E-state index contributed by atoms with van der Waals surface area (Å²) in [4.78, 5) is 41.2. The zero-order valence-electron chi connectivity index (χ0n) is 21.7. The predicted molar refractivity (Wildman–Crippen MR) is 134 cm³/mol. The van der Waals surface area contributed by atoms with Crippen LogP contribution in [0, 0.1) is 11.7 Å². The summed E-state index contributed by atoms with van der Waals surface area (Å²) in [5, 5.41) is 2.68. The number of ether oxygens (including phenoxy) is 4. The molecule has 0 radical (unpaired) electrons. The molecule has 1 amide bonds. The van der Waals surface area contributed by atoms with Gasteiger partial charge in [0.1, 0.15) is 29.8 Å². The molecule has 3 atom stereocenters. The molecule has 2 aromatic rings. The van der Waals surface area contributed by atoms with Crippen molar-refractivity contribution in [2.75, 3.05) is 7.11 Å². The molecular formula is C26H32ClFN2O7. The van der Waals surface area contributed by atoms with Crippen molar-refractivity contribution in [1.29, 1.82) is 0 Å². The van der Waals surface area contributed by atoms with Gasteiger partial charge in [-0.15, -0.1) is 0 Å². The fourth-order valence-corrected chi connectivity index (χ4v) is 3.97. The van der Waals surface area contributed by atoms with Gasteiger partial charge in [-0.25, -0.2) is 14.2 Å². The molecule has 2 rings (SSSR count). The smallest absolute Gasteiger partial charge is 0.328 e. The second kappa shape index (κ2) is 13.8.